The van der Waals surface area contributed by atoms with Crippen molar-refractivity contribution in [3.05, 3.63) is 29.1 Å². The zero-order valence-electron chi connectivity index (χ0n) is 11.6. The number of fused-ring (bicyclic) bond motifs is 1. The quantitative estimate of drug-likeness (QED) is 0.754. The third-order valence-electron chi connectivity index (χ3n) is 3.77. The highest BCUT2D eigenvalue weighted by molar-refractivity contribution is 7.20. The zero-order chi connectivity index (χ0) is 14.9. The minimum Gasteiger partial charge on any atom is -0.399 e. The number of hydrogen-bond acceptors (Lipinski definition) is 5. The summed E-state index contributed by atoms with van der Waals surface area (Å²) in [6, 6.07) is 7.43. The van der Waals surface area contributed by atoms with E-state index in [1.54, 1.807) is 0 Å². The van der Waals surface area contributed by atoms with Gasteiger partial charge in [0.05, 0.1) is 10.5 Å². The van der Waals surface area contributed by atoms with Gasteiger partial charge in [-0.05, 0) is 29.7 Å². The van der Waals surface area contributed by atoms with Gasteiger partial charge in [0.25, 0.3) is 5.91 Å². The van der Waals surface area contributed by atoms with Crippen molar-refractivity contribution < 1.29 is 14.6 Å². The molecule has 5 nitrogen and oxygen atoms in total. The van der Waals surface area contributed by atoms with Crippen molar-refractivity contribution >= 4 is 33.0 Å². The molecule has 0 atom stereocenters. The molecule has 0 spiro atoms. The second-order valence-corrected chi connectivity index (χ2v) is 6.51. The first kappa shape index (κ1) is 14.3. The maximum absolute atomic E-state index is 12.2. The van der Waals surface area contributed by atoms with Crippen molar-refractivity contribution in [1.82, 2.24) is 5.32 Å². The van der Waals surface area contributed by atoms with Crippen LogP contribution < -0.4 is 11.1 Å². The molecule has 0 saturated carbocycles. The summed E-state index contributed by atoms with van der Waals surface area (Å²) < 4.78 is 6.25. The molecule has 4 N–H and O–H groups in total. The summed E-state index contributed by atoms with van der Waals surface area (Å²) in [5, 5.41) is 14.1. The molecule has 112 valence electrons. The third-order valence-corrected chi connectivity index (χ3v) is 4.88. The third kappa shape index (κ3) is 3.18. The predicted octanol–water partition coefficient (Wildman–Crippen LogP) is 1.75. The van der Waals surface area contributed by atoms with Crippen LogP contribution in [0.4, 0.5) is 5.69 Å². The number of ether oxygens (including phenoxy) is 1. The number of benzene rings is 1. The number of nitrogens with two attached hydrogens (primary N) is 1. The summed E-state index contributed by atoms with van der Waals surface area (Å²) in [7, 11) is 0. The number of nitrogens with one attached hydrogen (secondary N) is 1. The van der Waals surface area contributed by atoms with E-state index in [2.05, 4.69) is 5.32 Å². The molecule has 1 fully saturated rings. The normalized spacial score (nSPS) is 17.8. The minimum atomic E-state index is -0.852. The van der Waals surface area contributed by atoms with Crippen LogP contribution in [0.5, 0.6) is 0 Å². The molecule has 2 heterocycles. The van der Waals surface area contributed by atoms with Gasteiger partial charge in [-0.3, -0.25) is 4.79 Å². The van der Waals surface area contributed by atoms with Gasteiger partial charge < -0.3 is 20.9 Å². The van der Waals surface area contributed by atoms with E-state index in [1.807, 2.05) is 24.3 Å². The first-order valence-electron chi connectivity index (χ1n) is 6.93. The lowest BCUT2D eigenvalue weighted by Gasteiger charge is -2.31. The SMILES string of the molecule is Nc1ccc2sc(C(=O)NCC3(O)CCOCC3)cc2c1. The number of carbonyl (C=O) groups excluding carboxylic acids is 1. The average molecular weight is 306 g/mol. The van der Waals surface area contributed by atoms with E-state index in [9.17, 15) is 9.90 Å². The van der Waals surface area contributed by atoms with Crippen LogP contribution in [-0.4, -0.2) is 36.4 Å². The lowest BCUT2D eigenvalue weighted by Crippen LogP contribution is -2.46. The lowest BCUT2D eigenvalue weighted by atomic mass is 9.94. The number of anilines is 1. The molecule has 1 aromatic heterocycles. The number of aliphatic hydroxyl groups is 1. The highest BCUT2D eigenvalue weighted by Crippen LogP contribution is 2.27. The van der Waals surface area contributed by atoms with Crippen LogP contribution in [0.15, 0.2) is 24.3 Å². The summed E-state index contributed by atoms with van der Waals surface area (Å²) in [4.78, 5) is 12.8. The zero-order valence-corrected chi connectivity index (χ0v) is 12.4. The minimum absolute atomic E-state index is 0.158. The Balaban J connectivity index is 1.69. The number of amides is 1. The van der Waals surface area contributed by atoms with Crippen LogP contribution in [-0.2, 0) is 4.74 Å². The fourth-order valence-corrected chi connectivity index (χ4v) is 3.39. The largest absolute Gasteiger partial charge is 0.399 e. The molecule has 1 aliphatic heterocycles. The van der Waals surface area contributed by atoms with Gasteiger partial charge in [-0.25, -0.2) is 0 Å². The Morgan fingerprint density at radius 1 is 1.38 bits per heavy atom. The van der Waals surface area contributed by atoms with Crippen molar-refractivity contribution in [3.8, 4) is 0 Å². The molecular formula is C15H18N2O3S. The Morgan fingerprint density at radius 2 is 2.14 bits per heavy atom. The van der Waals surface area contributed by atoms with Crippen LogP contribution in [0.3, 0.4) is 0 Å². The number of rotatable bonds is 3. The summed E-state index contributed by atoms with van der Waals surface area (Å²) in [5.41, 5.74) is 5.57. The van der Waals surface area contributed by atoms with E-state index in [0.29, 0.717) is 36.6 Å². The van der Waals surface area contributed by atoms with Crippen LogP contribution in [0, 0.1) is 0 Å². The number of hydrogen-bond donors (Lipinski definition) is 3. The van der Waals surface area contributed by atoms with Gasteiger partial charge in [-0.2, -0.15) is 0 Å². The van der Waals surface area contributed by atoms with E-state index in [-0.39, 0.29) is 12.5 Å². The maximum atomic E-state index is 12.2. The number of thiophene rings is 1. The monoisotopic (exact) mass is 306 g/mol. The number of carbonyl (C=O) groups is 1. The van der Waals surface area contributed by atoms with Gasteiger partial charge in [0.2, 0.25) is 0 Å². The standard InChI is InChI=1S/C15H18N2O3S/c16-11-1-2-12-10(7-11)8-13(21-12)14(18)17-9-15(19)3-5-20-6-4-15/h1-2,7-8,19H,3-6,9,16H2,(H,17,18). The van der Waals surface area contributed by atoms with E-state index in [4.69, 9.17) is 10.5 Å². The van der Waals surface area contributed by atoms with Gasteiger partial charge in [-0.1, -0.05) is 0 Å². The highest BCUT2D eigenvalue weighted by Gasteiger charge is 2.30. The van der Waals surface area contributed by atoms with Gasteiger partial charge in [0.1, 0.15) is 0 Å². The Labute approximate surface area is 126 Å². The van der Waals surface area contributed by atoms with E-state index in [1.165, 1.54) is 11.3 Å². The van der Waals surface area contributed by atoms with Crippen LogP contribution in [0.2, 0.25) is 0 Å². The highest BCUT2D eigenvalue weighted by atomic mass is 32.1. The lowest BCUT2D eigenvalue weighted by molar-refractivity contribution is -0.0605. The Bertz CT molecular complexity index is 662. The van der Waals surface area contributed by atoms with Crippen molar-refractivity contribution in [2.24, 2.45) is 0 Å². The summed E-state index contributed by atoms with van der Waals surface area (Å²) in [6.45, 7) is 1.33. The van der Waals surface area contributed by atoms with E-state index in [0.717, 1.165) is 10.1 Å². The predicted molar refractivity (Wildman–Crippen MR) is 83.6 cm³/mol. The fraction of sp³-hybridized carbons (Fsp3) is 0.400. The Kier molecular flexibility index (Phi) is 3.84. The van der Waals surface area contributed by atoms with E-state index < -0.39 is 5.60 Å². The van der Waals surface area contributed by atoms with Gasteiger partial charge >= 0.3 is 0 Å². The molecule has 3 rings (SSSR count). The molecule has 2 aromatic rings. The molecule has 6 heteroatoms. The molecule has 1 amide bonds. The molecule has 1 aromatic carbocycles. The maximum Gasteiger partial charge on any atom is 0.261 e. The van der Waals surface area contributed by atoms with Crippen molar-refractivity contribution in [2.45, 2.75) is 18.4 Å². The molecule has 1 saturated heterocycles. The summed E-state index contributed by atoms with van der Waals surface area (Å²) in [6.07, 6.45) is 1.10. The first-order chi connectivity index (χ1) is 10.1. The number of nitrogen functional groups attached to an aromatic ring is 1. The summed E-state index contributed by atoms with van der Waals surface area (Å²) in [5.74, 6) is -0.158. The van der Waals surface area contributed by atoms with Crippen molar-refractivity contribution in [3.63, 3.8) is 0 Å². The fourth-order valence-electron chi connectivity index (χ4n) is 2.43. The van der Waals surface area contributed by atoms with Crippen LogP contribution in [0.25, 0.3) is 10.1 Å². The van der Waals surface area contributed by atoms with Crippen LogP contribution in [0.1, 0.15) is 22.5 Å². The summed E-state index contributed by atoms with van der Waals surface area (Å²) >= 11 is 1.43. The molecule has 21 heavy (non-hydrogen) atoms. The van der Waals surface area contributed by atoms with Crippen molar-refractivity contribution in [1.29, 1.82) is 0 Å². The van der Waals surface area contributed by atoms with Gasteiger partial charge in [0.15, 0.2) is 0 Å². The second-order valence-electron chi connectivity index (χ2n) is 5.43. The van der Waals surface area contributed by atoms with Crippen molar-refractivity contribution in [2.75, 3.05) is 25.5 Å². The topological polar surface area (TPSA) is 84.6 Å². The average Bonchev–Trinajstić information content (AvgIpc) is 2.88. The first-order valence-corrected chi connectivity index (χ1v) is 7.75. The molecule has 0 bridgehead atoms. The van der Waals surface area contributed by atoms with E-state index >= 15 is 0 Å². The van der Waals surface area contributed by atoms with Gasteiger partial charge in [0, 0.05) is 43.0 Å². The molecule has 1 aliphatic rings. The van der Waals surface area contributed by atoms with Crippen LogP contribution >= 0.6 is 11.3 Å². The molecule has 0 radical (unpaired) electrons. The Hall–Kier alpha value is -1.63. The Morgan fingerprint density at radius 3 is 2.90 bits per heavy atom. The second kappa shape index (κ2) is 5.63. The molecular weight excluding hydrogens is 288 g/mol. The van der Waals surface area contributed by atoms with Gasteiger partial charge in [-0.15, -0.1) is 11.3 Å². The molecule has 0 aliphatic carbocycles. The smallest absolute Gasteiger partial charge is 0.261 e. The molecule has 0 unspecified atom stereocenters.